The molecule has 21 heavy (non-hydrogen) atoms. The highest BCUT2D eigenvalue weighted by Crippen LogP contribution is 2.28. The summed E-state index contributed by atoms with van der Waals surface area (Å²) in [5, 5.41) is 0. The van der Waals surface area contributed by atoms with E-state index >= 15 is 0 Å². The average molecular weight is 287 g/mol. The SMILES string of the molecule is NC[C@H]1CN(c2ccc(-c3cccnc3)c(F)c2)C(=O)O1. The number of hydrogen-bond donors (Lipinski definition) is 1. The molecule has 2 heterocycles. The molecule has 0 bridgehead atoms. The van der Waals surface area contributed by atoms with Crippen molar-refractivity contribution < 1.29 is 13.9 Å². The lowest BCUT2D eigenvalue weighted by atomic mass is 10.1. The van der Waals surface area contributed by atoms with Crippen molar-refractivity contribution in [1.29, 1.82) is 0 Å². The molecular weight excluding hydrogens is 273 g/mol. The van der Waals surface area contributed by atoms with Crippen LogP contribution in [0.25, 0.3) is 11.1 Å². The first-order chi connectivity index (χ1) is 10.2. The fourth-order valence-electron chi connectivity index (χ4n) is 2.28. The van der Waals surface area contributed by atoms with E-state index in [1.54, 1.807) is 36.7 Å². The third-order valence-corrected chi connectivity index (χ3v) is 3.37. The summed E-state index contributed by atoms with van der Waals surface area (Å²) in [7, 11) is 0. The van der Waals surface area contributed by atoms with E-state index in [9.17, 15) is 9.18 Å². The van der Waals surface area contributed by atoms with E-state index in [1.165, 1.54) is 11.0 Å². The molecule has 3 rings (SSSR count). The van der Waals surface area contributed by atoms with Crippen LogP contribution in [0.15, 0.2) is 42.7 Å². The first-order valence-corrected chi connectivity index (χ1v) is 6.57. The molecule has 1 aliphatic rings. The van der Waals surface area contributed by atoms with Gasteiger partial charge in [0, 0.05) is 30.1 Å². The molecule has 1 saturated heterocycles. The zero-order valence-electron chi connectivity index (χ0n) is 11.2. The van der Waals surface area contributed by atoms with Gasteiger partial charge in [-0.1, -0.05) is 6.07 Å². The number of carbonyl (C=O) groups is 1. The minimum absolute atomic E-state index is 0.249. The third-order valence-electron chi connectivity index (χ3n) is 3.37. The van der Waals surface area contributed by atoms with Gasteiger partial charge in [-0.15, -0.1) is 0 Å². The number of amides is 1. The van der Waals surface area contributed by atoms with Crippen LogP contribution in [0.2, 0.25) is 0 Å². The van der Waals surface area contributed by atoms with Crippen molar-refractivity contribution in [3.8, 4) is 11.1 Å². The van der Waals surface area contributed by atoms with E-state index in [2.05, 4.69) is 4.98 Å². The summed E-state index contributed by atoms with van der Waals surface area (Å²) in [6, 6.07) is 8.16. The van der Waals surface area contributed by atoms with Crippen molar-refractivity contribution in [2.75, 3.05) is 18.0 Å². The maximum Gasteiger partial charge on any atom is 0.414 e. The normalized spacial score (nSPS) is 17.9. The van der Waals surface area contributed by atoms with Gasteiger partial charge in [0.2, 0.25) is 0 Å². The predicted molar refractivity (Wildman–Crippen MR) is 76.3 cm³/mol. The Balaban J connectivity index is 1.90. The molecule has 5 nitrogen and oxygen atoms in total. The number of aromatic nitrogens is 1. The summed E-state index contributed by atoms with van der Waals surface area (Å²) in [6.45, 7) is 0.583. The number of nitrogens with two attached hydrogens (primary N) is 1. The molecule has 6 heteroatoms. The zero-order valence-corrected chi connectivity index (χ0v) is 11.2. The molecule has 0 unspecified atom stereocenters. The summed E-state index contributed by atoms with van der Waals surface area (Å²) in [6.07, 6.45) is 2.37. The molecular formula is C15H14FN3O2. The predicted octanol–water partition coefficient (Wildman–Crippen LogP) is 2.17. The van der Waals surface area contributed by atoms with Crippen LogP contribution >= 0.6 is 0 Å². The van der Waals surface area contributed by atoms with Crippen LogP contribution < -0.4 is 10.6 Å². The van der Waals surface area contributed by atoms with Crippen molar-refractivity contribution in [3.63, 3.8) is 0 Å². The Morgan fingerprint density at radius 3 is 2.90 bits per heavy atom. The van der Waals surface area contributed by atoms with Crippen LogP contribution in [-0.2, 0) is 4.74 Å². The molecule has 1 aliphatic heterocycles. The van der Waals surface area contributed by atoms with Gasteiger partial charge in [-0.05, 0) is 24.3 Å². The maximum atomic E-state index is 14.3. The van der Waals surface area contributed by atoms with Crippen molar-refractivity contribution >= 4 is 11.8 Å². The molecule has 2 aromatic rings. The number of benzene rings is 1. The van der Waals surface area contributed by atoms with E-state index in [-0.39, 0.29) is 12.6 Å². The van der Waals surface area contributed by atoms with Gasteiger partial charge in [-0.25, -0.2) is 9.18 Å². The second kappa shape index (κ2) is 5.49. The number of ether oxygens (including phenoxy) is 1. The number of rotatable bonds is 3. The standard InChI is InChI=1S/C15H14FN3O2/c16-14-6-11(19-9-12(7-17)21-15(19)20)3-4-13(14)10-2-1-5-18-8-10/h1-6,8,12H,7,9,17H2/t12-/m0/s1. The smallest absolute Gasteiger partial charge is 0.414 e. The van der Waals surface area contributed by atoms with E-state index in [0.717, 1.165) is 0 Å². The van der Waals surface area contributed by atoms with Crippen LogP contribution in [0.1, 0.15) is 0 Å². The van der Waals surface area contributed by atoms with Crippen LogP contribution in [0, 0.1) is 5.82 Å². The summed E-state index contributed by atoms with van der Waals surface area (Å²) < 4.78 is 19.3. The van der Waals surface area contributed by atoms with Crippen molar-refractivity contribution in [2.45, 2.75) is 6.10 Å². The first-order valence-electron chi connectivity index (χ1n) is 6.57. The molecule has 1 aromatic heterocycles. The van der Waals surface area contributed by atoms with Gasteiger partial charge in [-0.2, -0.15) is 0 Å². The molecule has 1 amide bonds. The highest BCUT2D eigenvalue weighted by atomic mass is 19.1. The molecule has 0 aliphatic carbocycles. The quantitative estimate of drug-likeness (QED) is 0.939. The second-order valence-electron chi connectivity index (χ2n) is 4.76. The molecule has 1 aromatic carbocycles. The fourth-order valence-corrected chi connectivity index (χ4v) is 2.28. The number of halogens is 1. The highest BCUT2D eigenvalue weighted by Gasteiger charge is 2.31. The number of anilines is 1. The minimum atomic E-state index is -0.501. The highest BCUT2D eigenvalue weighted by molar-refractivity contribution is 5.90. The molecule has 0 spiro atoms. The van der Waals surface area contributed by atoms with Gasteiger partial charge in [0.05, 0.1) is 12.2 Å². The van der Waals surface area contributed by atoms with Gasteiger partial charge < -0.3 is 10.5 Å². The van der Waals surface area contributed by atoms with Gasteiger partial charge in [0.15, 0.2) is 0 Å². The number of cyclic esters (lactones) is 1. The average Bonchev–Trinajstić information content (AvgIpc) is 2.89. The summed E-state index contributed by atoms with van der Waals surface area (Å²) in [5.74, 6) is -0.413. The van der Waals surface area contributed by atoms with Crippen LogP contribution in [0.5, 0.6) is 0 Å². The first kappa shape index (κ1) is 13.5. The topological polar surface area (TPSA) is 68.5 Å². The zero-order chi connectivity index (χ0) is 14.8. The van der Waals surface area contributed by atoms with Gasteiger partial charge >= 0.3 is 6.09 Å². The molecule has 1 atom stereocenters. The number of hydrogen-bond acceptors (Lipinski definition) is 4. The van der Waals surface area contributed by atoms with E-state index in [1.807, 2.05) is 0 Å². The second-order valence-corrected chi connectivity index (χ2v) is 4.76. The summed E-state index contributed by atoms with van der Waals surface area (Å²) >= 11 is 0. The Labute approximate surface area is 121 Å². The van der Waals surface area contributed by atoms with Crippen molar-refractivity contribution in [2.24, 2.45) is 5.73 Å². The maximum absolute atomic E-state index is 14.3. The largest absolute Gasteiger partial charge is 0.443 e. The van der Waals surface area contributed by atoms with Crippen LogP contribution in [0.3, 0.4) is 0 Å². The Hall–Kier alpha value is -2.47. The fraction of sp³-hybridized carbons (Fsp3) is 0.200. The Morgan fingerprint density at radius 1 is 1.43 bits per heavy atom. The third kappa shape index (κ3) is 2.57. The van der Waals surface area contributed by atoms with Gasteiger partial charge in [0.25, 0.3) is 0 Å². The lowest BCUT2D eigenvalue weighted by molar-refractivity contribution is 0.145. The molecule has 1 fully saturated rings. The van der Waals surface area contributed by atoms with Crippen molar-refractivity contribution in [3.05, 3.63) is 48.5 Å². The number of carbonyl (C=O) groups excluding carboxylic acids is 1. The summed E-state index contributed by atoms with van der Waals surface area (Å²) in [4.78, 5) is 17.1. The summed E-state index contributed by atoms with van der Waals surface area (Å²) in [5.41, 5.74) is 7.07. The van der Waals surface area contributed by atoms with E-state index in [4.69, 9.17) is 10.5 Å². The molecule has 0 radical (unpaired) electrons. The van der Waals surface area contributed by atoms with Gasteiger partial charge in [-0.3, -0.25) is 9.88 Å². The van der Waals surface area contributed by atoms with Gasteiger partial charge in [0.1, 0.15) is 11.9 Å². The lowest BCUT2D eigenvalue weighted by Crippen LogP contribution is -2.27. The lowest BCUT2D eigenvalue weighted by Gasteiger charge is -2.14. The van der Waals surface area contributed by atoms with Crippen molar-refractivity contribution in [1.82, 2.24) is 4.98 Å². The monoisotopic (exact) mass is 287 g/mol. The molecule has 0 saturated carbocycles. The van der Waals surface area contributed by atoms with Crippen LogP contribution in [0.4, 0.5) is 14.9 Å². The Morgan fingerprint density at radius 2 is 2.29 bits per heavy atom. The van der Waals surface area contributed by atoms with E-state index < -0.39 is 11.9 Å². The minimum Gasteiger partial charge on any atom is -0.443 e. The van der Waals surface area contributed by atoms with E-state index in [0.29, 0.717) is 23.4 Å². The Bertz CT molecular complexity index is 663. The Kier molecular flexibility index (Phi) is 3.53. The van der Waals surface area contributed by atoms with Crippen LogP contribution in [-0.4, -0.2) is 30.3 Å². The number of nitrogens with zero attached hydrogens (tertiary/aromatic N) is 2. The molecule has 2 N–H and O–H groups in total. The molecule has 108 valence electrons. The number of pyridine rings is 1.